The van der Waals surface area contributed by atoms with Crippen LogP contribution >= 0.6 is 0 Å². The van der Waals surface area contributed by atoms with Crippen molar-refractivity contribution in [1.29, 1.82) is 0 Å². The maximum Gasteiger partial charge on any atom is 0.107 e. The van der Waals surface area contributed by atoms with Crippen LogP contribution in [-0.2, 0) is 11.3 Å². The van der Waals surface area contributed by atoms with Gasteiger partial charge in [-0.25, -0.2) is 0 Å². The van der Waals surface area contributed by atoms with E-state index in [4.69, 9.17) is 9.15 Å². The molecule has 1 unspecified atom stereocenters. The topological polar surface area (TPSA) is 59.3 Å². The van der Waals surface area contributed by atoms with Crippen LogP contribution in [0, 0.1) is 6.92 Å². The number of benzene rings is 1. The number of rotatable bonds is 11. The predicted octanol–water partition coefficient (Wildman–Crippen LogP) is 4.87. The number of methoxy groups -OCH3 is 1. The highest BCUT2D eigenvalue weighted by Crippen LogP contribution is 2.23. The highest BCUT2D eigenvalue weighted by atomic mass is 16.5. The van der Waals surface area contributed by atoms with Crippen molar-refractivity contribution < 1.29 is 9.15 Å². The second-order valence-electron chi connectivity index (χ2n) is 7.31. The third kappa shape index (κ3) is 5.57. The van der Waals surface area contributed by atoms with Gasteiger partial charge in [0, 0.05) is 36.8 Å². The third-order valence-electron chi connectivity index (χ3n) is 4.96. The number of hydrogen-bond donors (Lipinski definition) is 2. The van der Waals surface area contributed by atoms with Crippen molar-refractivity contribution in [3.63, 3.8) is 0 Å². The van der Waals surface area contributed by atoms with E-state index in [1.54, 1.807) is 7.11 Å². The minimum absolute atomic E-state index is 0.448. The number of ether oxygens (including phenoxy) is 1. The first-order valence-corrected chi connectivity index (χ1v) is 10.0. The second kappa shape index (κ2) is 10.2. The van der Waals surface area contributed by atoms with E-state index in [0.29, 0.717) is 12.5 Å². The van der Waals surface area contributed by atoms with Gasteiger partial charge in [0.05, 0.1) is 12.1 Å². The van der Waals surface area contributed by atoms with E-state index in [1.807, 2.05) is 25.3 Å². The van der Waals surface area contributed by atoms with Crippen molar-refractivity contribution in [1.82, 2.24) is 10.3 Å². The Hall–Kier alpha value is -2.37. The molecule has 0 spiro atoms. The van der Waals surface area contributed by atoms with Crippen LogP contribution in [0.3, 0.4) is 0 Å². The number of pyridine rings is 1. The third-order valence-corrected chi connectivity index (χ3v) is 4.96. The van der Waals surface area contributed by atoms with E-state index < -0.39 is 0 Å². The molecule has 3 rings (SSSR count). The number of anilines is 1. The molecule has 150 valence electrons. The number of hydrogen-bond acceptors (Lipinski definition) is 5. The summed E-state index contributed by atoms with van der Waals surface area (Å²) in [6.07, 6.45) is 4.00. The molecule has 0 aliphatic carbocycles. The summed E-state index contributed by atoms with van der Waals surface area (Å²) >= 11 is 0. The zero-order valence-corrected chi connectivity index (χ0v) is 17.1. The Morgan fingerprint density at radius 2 is 2.00 bits per heavy atom. The largest absolute Gasteiger partial charge is 0.466 e. The van der Waals surface area contributed by atoms with E-state index in [2.05, 4.69) is 46.8 Å². The lowest BCUT2D eigenvalue weighted by Crippen LogP contribution is -2.20. The van der Waals surface area contributed by atoms with Gasteiger partial charge in [-0.15, -0.1) is 0 Å². The summed E-state index contributed by atoms with van der Waals surface area (Å²) in [6.45, 7) is 7.74. The molecular weight excluding hydrogens is 350 g/mol. The summed E-state index contributed by atoms with van der Waals surface area (Å²) in [5.74, 6) is 2.51. The van der Waals surface area contributed by atoms with Gasteiger partial charge in [-0.2, -0.15) is 0 Å². The molecule has 0 saturated heterocycles. The van der Waals surface area contributed by atoms with Gasteiger partial charge in [-0.05, 0) is 68.8 Å². The van der Waals surface area contributed by atoms with Crippen LogP contribution in [0.4, 0.5) is 5.69 Å². The quantitative estimate of drug-likeness (QED) is 0.464. The average Bonchev–Trinajstić information content (AvgIpc) is 3.14. The van der Waals surface area contributed by atoms with E-state index in [-0.39, 0.29) is 0 Å². The van der Waals surface area contributed by atoms with Gasteiger partial charge >= 0.3 is 0 Å². The van der Waals surface area contributed by atoms with Crippen molar-refractivity contribution >= 4 is 16.6 Å². The van der Waals surface area contributed by atoms with Gasteiger partial charge in [0.15, 0.2) is 0 Å². The zero-order chi connectivity index (χ0) is 19.8. The molecule has 0 aliphatic heterocycles. The van der Waals surface area contributed by atoms with E-state index in [9.17, 15) is 0 Å². The smallest absolute Gasteiger partial charge is 0.107 e. The summed E-state index contributed by atoms with van der Waals surface area (Å²) < 4.78 is 10.9. The standard InChI is InChI=1S/C23H31N3O2/c1-17(23-8-5-18(2)28-23)9-13-24-11-4-12-25-22-10-14-26-21-7-6-19(16-27-3)15-20(21)22/h5-8,10,14-15,17,24H,4,9,11-13,16H2,1-3H3,(H,25,26). The molecule has 0 aliphatic rings. The minimum Gasteiger partial charge on any atom is -0.466 e. The molecule has 28 heavy (non-hydrogen) atoms. The summed E-state index contributed by atoms with van der Waals surface area (Å²) in [7, 11) is 1.72. The number of nitrogens with one attached hydrogen (secondary N) is 2. The number of nitrogens with zero attached hydrogens (tertiary/aromatic N) is 1. The van der Waals surface area contributed by atoms with Gasteiger partial charge in [0.1, 0.15) is 11.5 Å². The molecule has 2 aromatic heterocycles. The van der Waals surface area contributed by atoms with Gasteiger partial charge in [-0.1, -0.05) is 13.0 Å². The monoisotopic (exact) mass is 381 g/mol. The maximum absolute atomic E-state index is 5.70. The van der Waals surface area contributed by atoms with E-state index in [0.717, 1.165) is 66.2 Å². The molecule has 5 nitrogen and oxygen atoms in total. The number of furan rings is 1. The first-order valence-electron chi connectivity index (χ1n) is 10.0. The molecule has 1 atom stereocenters. The van der Waals surface area contributed by atoms with Gasteiger partial charge in [0.25, 0.3) is 0 Å². The molecule has 2 N–H and O–H groups in total. The molecular formula is C23H31N3O2. The van der Waals surface area contributed by atoms with E-state index >= 15 is 0 Å². The van der Waals surface area contributed by atoms with Crippen molar-refractivity contribution in [2.24, 2.45) is 0 Å². The molecule has 0 saturated carbocycles. The Labute approximate surface area is 167 Å². The number of aromatic nitrogens is 1. The first-order chi connectivity index (χ1) is 13.7. The molecule has 0 bridgehead atoms. The SMILES string of the molecule is COCc1ccc2nccc(NCCCNCCC(C)c3ccc(C)o3)c2c1. The van der Waals surface area contributed by atoms with Crippen molar-refractivity contribution in [3.8, 4) is 0 Å². The van der Waals surface area contributed by atoms with Gasteiger partial charge in [-0.3, -0.25) is 4.98 Å². The lowest BCUT2D eigenvalue weighted by molar-refractivity contribution is 0.185. The number of aryl methyl sites for hydroxylation is 1. The Morgan fingerprint density at radius 3 is 2.79 bits per heavy atom. The summed E-state index contributed by atoms with van der Waals surface area (Å²) in [5.41, 5.74) is 3.29. The van der Waals surface area contributed by atoms with Crippen molar-refractivity contribution in [2.75, 3.05) is 32.1 Å². The predicted molar refractivity (Wildman–Crippen MR) is 115 cm³/mol. The Morgan fingerprint density at radius 1 is 1.11 bits per heavy atom. The van der Waals surface area contributed by atoms with Crippen LogP contribution in [0.5, 0.6) is 0 Å². The number of fused-ring (bicyclic) bond motifs is 1. The Bertz CT molecular complexity index is 875. The summed E-state index contributed by atoms with van der Waals surface area (Å²) in [4.78, 5) is 4.45. The molecule has 3 aromatic rings. The fraction of sp³-hybridized carbons (Fsp3) is 0.435. The van der Waals surface area contributed by atoms with Gasteiger partial charge < -0.3 is 19.8 Å². The molecule has 1 aromatic carbocycles. The molecule has 0 amide bonds. The van der Waals surface area contributed by atoms with Crippen LogP contribution < -0.4 is 10.6 Å². The Kier molecular flexibility index (Phi) is 7.46. The first kappa shape index (κ1) is 20.4. The molecule has 5 heteroatoms. The van der Waals surface area contributed by atoms with E-state index in [1.165, 1.54) is 0 Å². The van der Waals surface area contributed by atoms with Crippen LogP contribution in [0.25, 0.3) is 10.9 Å². The zero-order valence-electron chi connectivity index (χ0n) is 17.1. The Balaban J connectivity index is 1.40. The van der Waals surface area contributed by atoms with Crippen molar-refractivity contribution in [2.45, 2.75) is 39.2 Å². The maximum atomic E-state index is 5.70. The second-order valence-corrected chi connectivity index (χ2v) is 7.31. The van der Waals surface area contributed by atoms with Crippen LogP contribution in [-0.4, -0.2) is 31.7 Å². The average molecular weight is 382 g/mol. The van der Waals surface area contributed by atoms with Crippen LogP contribution in [0.1, 0.15) is 42.8 Å². The van der Waals surface area contributed by atoms with Gasteiger partial charge in [0.2, 0.25) is 0 Å². The minimum atomic E-state index is 0.448. The molecule has 0 radical (unpaired) electrons. The highest BCUT2D eigenvalue weighted by molar-refractivity contribution is 5.91. The van der Waals surface area contributed by atoms with Crippen molar-refractivity contribution in [3.05, 3.63) is 59.7 Å². The lowest BCUT2D eigenvalue weighted by Gasteiger charge is -2.12. The molecule has 0 fully saturated rings. The van der Waals surface area contributed by atoms with Crippen LogP contribution in [0.2, 0.25) is 0 Å². The summed E-state index contributed by atoms with van der Waals surface area (Å²) in [6, 6.07) is 12.4. The normalized spacial score (nSPS) is 12.4. The fourth-order valence-corrected chi connectivity index (χ4v) is 3.34. The van der Waals surface area contributed by atoms with Crippen LogP contribution in [0.15, 0.2) is 47.0 Å². The lowest BCUT2D eigenvalue weighted by atomic mass is 10.1. The fourth-order valence-electron chi connectivity index (χ4n) is 3.34. The molecule has 2 heterocycles. The highest BCUT2D eigenvalue weighted by Gasteiger charge is 2.08. The summed E-state index contributed by atoms with van der Waals surface area (Å²) in [5, 5.41) is 8.23.